The summed E-state index contributed by atoms with van der Waals surface area (Å²) >= 11 is 6.03. The van der Waals surface area contributed by atoms with Crippen LogP contribution in [0, 0.1) is 12.7 Å². The summed E-state index contributed by atoms with van der Waals surface area (Å²) in [5, 5.41) is 4.78. The lowest BCUT2D eigenvalue weighted by atomic mass is 10.0. The summed E-state index contributed by atoms with van der Waals surface area (Å²) in [7, 11) is 1.84. The third-order valence-electron chi connectivity index (χ3n) is 2.87. The SMILES string of the molecule is Cc1cc(C(N)Cc2cc(F)ccc2Cl)n(C)n1. The van der Waals surface area contributed by atoms with Crippen molar-refractivity contribution in [2.24, 2.45) is 12.8 Å². The second-order valence-electron chi connectivity index (χ2n) is 4.38. The third-order valence-corrected chi connectivity index (χ3v) is 3.23. The molecule has 0 fully saturated rings. The standard InChI is InChI=1S/C13H15ClFN3/c1-8-5-13(18(2)17-8)12(16)7-9-6-10(15)3-4-11(9)14/h3-6,12H,7,16H2,1-2H3. The van der Waals surface area contributed by atoms with Crippen LogP contribution in [0.4, 0.5) is 4.39 Å². The van der Waals surface area contributed by atoms with Crippen molar-refractivity contribution in [1.29, 1.82) is 0 Å². The lowest BCUT2D eigenvalue weighted by molar-refractivity contribution is 0.604. The molecule has 0 bridgehead atoms. The maximum Gasteiger partial charge on any atom is 0.123 e. The fourth-order valence-electron chi connectivity index (χ4n) is 2.02. The molecular weight excluding hydrogens is 253 g/mol. The van der Waals surface area contributed by atoms with E-state index in [0.717, 1.165) is 11.4 Å². The molecule has 2 rings (SSSR count). The minimum Gasteiger partial charge on any atom is -0.322 e. The number of aromatic nitrogens is 2. The number of halogens is 2. The molecule has 1 aromatic heterocycles. The third kappa shape index (κ3) is 2.71. The number of benzene rings is 1. The molecule has 0 saturated heterocycles. The molecule has 1 heterocycles. The van der Waals surface area contributed by atoms with Crippen LogP contribution in [0.3, 0.4) is 0 Å². The molecule has 96 valence electrons. The van der Waals surface area contributed by atoms with E-state index in [9.17, 15) is 4.39 Å². The van der Waals surface area contributed by atoms with Gasteiger partial charge in [-0.3, -0.25) is 4.68 Å². The summed E-state index contributed by atoms with van der Waals surface area (Å²) in [6, 6.07) is 5.98. The van der Waals surface area contributed by atoms with Gasteiger partial charge in [0.1, 0.15) is 5.82 Å². The summed E-state index contributed by atoms with van der Waals surface area (Å²) in [6.07, 6.45) is 0.482. The van der Waals surface area contributed by atoms with Gasteiger partial charge in [0.15, 0.2) is 0 Å². The van der Waals surface area contributed by atoms with Gasteiger partial charge in [0, 0.05) is 12.1 Å². The van der Waals surface area contributed by atoms with Crippen LogP contribution >= 0.6 is 11.6 Å². The quantitative estimate of drug-likeness (QED) is 0.929. The first-order valence-corrected chi connectivity index (χ1v) is 6.05. The van der Waals surface area contributed by atoms with Crippen LogP contribution in [-0.2, 0) is 13.5 Å². The summed E-state index contributed by atoms with van der Waals surface area (Å²) in [4.78, 5) is 0. The maximum absolute atomic E-state index is 13.2. The van der Waals surface area contributed by atoms with Gasteiger partial charge in [0.05, 0.1) is 17.4 Å². The molecular formula is C13H15ClFN3. The summed E-state index contributed by atoms with van der Waals surface area (Å²) in [6.45, 7) is 1.91. The van der Waals surface area contributed by atoms with E-state index in [4.69, 9.17) is 17.3 Å². The van der Waals surface area contributed by atoms with E-state index in [2.05, 4.69) is 5.10 Å². The van der Waals surface area contributed by atoms with Gasteiger partial charge in [0.25, 0.3) is 0 Å². The van der Waals surface area contributed by atoms with Gasteiger partial charge in [-0.15, -0.1) is 0 Å². The Hall–Kier alpha value is -1.39. The highest BCUT2D eigenvalue weighted by molar-refractivity contribution is 6.31. The molecule has 1 unspecified atom stereocenters. The zero-order chi connectivity index (χ0) is 13.3. The lowest BCUT2D eigenvalue weighted by Gasteiger charge is -2.13. The van der Waals surface area contributed by atoms with E-state index >= 15 is 0 Å². The van der Waals surface area contributed by atoms with Crippen LogP contribution in [0.1, 0.15) is 23.0 Å². The molecule has 1 aromatic carbocycles. The Bertz CT molecular complexity index is 565. The zero-order valence-corrected chi connectivity index (χ0v) is 11.1. The number of aryl methyl sites for hydroxylation is 2. The second kappa shape index (κ2) is 5.08. The molecule has 2 N–H and O–H groups in total. The van der Waals surface area contributed by atoms with Gasteiger partial charge in [-0.25, -0.2) is 4.39 Å². The van der Waals surface area contributed by atoms with Gasteiger partial charge in [-0.1, -0.05) is 11.6 Å². The van der Waals surface area contributed by atoms with E-state index in [1.165, 1.54) is 12.1 Å². The number of rotatable bonds is 3. The van der Waals surface area contributed by atoms with E-state index in [1.54, 1.807) is 10.7 Å². The molecule has 18 heavy (non-hydrogen) atoms. The van der Waals surface area contributed by atoms with Crippen LogP contribution in [0.25, 0.3) is 0 Å². The Morgan fingerprint density at radius 1 is 1.44 bits per heavy atom. The summed E-state index contributed by atoms with van der Waals surface area (Å²) < 4.78 is 14.9. The van der Waals surface area contributed by atoms with Gasteiger partial charge in [-0.05, 0) is 43.2 Å². The Labute approximate surface area is 110 Å². The van der Waals surface area contributed by atoms with Crippen LogP contribution in [0.15, 0.2) is 24.3 Å². The minimum absolute atomic E-state index is 0.254. The highest BCUT2D eigenvalue weighted by Crippen LogP contribution is 2.23. The molecule has 0 aliphatic heterocycles. The normalized spacial score (nSPS) is 12.7. The molecule has 2 aromatic rings. The van der Waals surface area contributed by atoms with E-state index in [-0.39, 0.29) is 11.9 Å². The number of hydrogen-bond acceptors (Lipinski definition) is 2. The fourth-order valence-corrected chi connectivity index (χ4v) is 2.21. The predicted molar refractivity (Wildman–Crippen MR) is 70.0 cm³/mol. The largest absolute Gasteiger partial charge is 0.322 e. The van der Waals surface area contributed by atoms with Crippen LogP contribution < -0.4 is 5.73 Å². The zero-order valence-electron chi connectivity index (χ0n) is 10.3. The Morgan fingerprint density at radius 3 is 2.78 bits per heavy atom. The van der Waals surface area contributed by atoms with Crippen LogP contribution in [-0.4, -0.2) is 9.78 Å². The first-order chi connectivity index (χ1) is 8.47. The van der Waals surface area contributed by atoms with Crippen molar-refractivity contribution in [1.82, 2.24) is 9.78 Å². The molecule has 5 heteroatoms. The first-order valence-electron chi connectivity index (χ1n) is 5.67. The Kier molecular flexibility index (Phi) is 3.68. The highest BCUT2D eigenvalue weighted by Gasteiger charge is 2.14. The molecule has 3 nitrogen and oxygen atoms in total. The molecule has 0 saturated carbocycles. The lowest BCUT2D eigenvalue weighted by Crippen LogP contribution is -2.17. The highest BCUT2D eigenvalue weighted by atomic mass is 35.5. The topological polar surface area (TPSA) is 43.8 Å². The minimum atomic E-state index is -0.303. The number of nitrogens with two attached hydrogens (primary N) is 1. The average Bonchev–Trinajstić information content (AvgIpc) is 2.63. The maximum atomic E-state index is 13.2. The van der Waals surface area contributed by atoms with Crippen molar-refractivity contribution >= 4 is 11.6 Å². The number of nitrogens with zero attached hydrogens (tertiary/aromatic N) is 2. The van der Waals surface area contributed by atoms with Crippen molar-refractivity contribution in [3.05, 3.63) is 52.1 Å². The fraction of sp³-hybridized carbons (Fsp3) is 0.308. The van der Waals surface area contributed by atoms with Crippen LogP contribution in [0.5, 0.6) is 0 Å². The molecule has 0 spiro atoms. The van der Waals surface area contributed by atoms with Gasteiger partial charge >= 0.3 is 0 Å². The van der Waals surface area contributed by atoms with Gasteiger partial charge in [0.2, 0.25) is 0 Å². The smallest absolute Gasteiger partial charge is 0.123 e. The van der Waals surface area contributed by atoms with E-state index < -0.39 is 0 Å². The predicted octanol–water partition coefficient (Wildman–Crippen LogP) is 2.76. The monoisotopic (exact) mass is 267 g/mol. The second-order valence-corrected chi connectivity index (χ2v) is 4.79. The van der Waals surface area contributed by atoms with Crippen LogP contribution in [0.2, 0.25) is 5.02 Å². The van der Waals surface area contributed by atoms with E-state index in [0.29, 0.717) is 17.0 Å². The summed E-state index contributed by atoms with van der Waals surface area (Å²) in [5.74, 6) is -0.303. The molecule has 0 amide bonds. The van der Waals surface area contributed by atoms with Crippen molar-refractivity contribution < 1.29 is 4.39 Å². The molecule has 0 aliphatic rings. The molecule has 0 radical (unpaired) electrons. The van der Waals surface area contributed by atoms with Crippen molar-refractivity contribution in [3.63, 3.8) is 0 Å². The molecule has 1 atom stereocenters. The van der Waals surface area contributed by atoms with Crippen molar-refractivity contribution in [2.75, 3.05) is 0 Å². The Morgan fingerprint density at radius 2 is 2.17 bits per heavy atom. The number of hydrogen-bond donors (Lipinski definition) is 1. The summed E-state index contributed by atoms with van der Waals surface area (Å²) in [5.41, 5.74) is 8.65. The average molecular weight is 268 g/mol. The van der Waals surface area contributed by atoms with E-state index in [1.807, 2.05) is 20.0 Å². The van der Waals surface area contributed by atoms with Crippen molar-refractivity contribution in [3.8, 4) is 0 Å². The van der Waals surface area contributed by atoms with Gasteiger partial charge < -0.3 is 5.73 Å². The molecule has 0 aliphatic carbocycles. The Balaban J connectivity index is 2.23. The van der Waals surface area contributed by atoms with Crippen molar-refractivity contribution in [2.45, 2.75) is 19.4 Å². The first kappa shape index (κ1) is 13.1. The van der Waals surface area contributed by atoms with Gasteiger partial charge in [-0.2, -0.15) is 5.10 Å².